The van der Waals surface area contributed by atoms with Crippen molar-refractivity contribution in [3.63, 3.8) is 0 Å². The summed E-state index contributed by atoms with van der Waals surface area (Å²) in [6.45, 7) is 1.76. The molecule has 0 aromatic heterocycles. The zero-order chi connectivity index (χ0) is 12.8. The van der Waals surface area contributed by atoms with Gasteiger partial charge in [0.25, 0.3) is 5.91 Å². The second-order valence-electron chi connectivity index (χ2n) is 3.88. The molecule has 1 aromatic carbocycles. The Labute approximate surface area is 107 Å². The van der Waals surface area contributed by atoms with Crippen molar-refractivity contribution in [3.05, 3.63) is 28.8 Å². The quantitative estimate of drug-likeness (QED) is 0.757. The van der Waals surface area contributed by atoms with Gasteiger partial charge in [0.05, 0.1) is 16.3 Å². The Bertz CT molecular complexity index is 395. The number of amides is 1. The van der Waals surface area contributed by atoms with Crippen LogP contribution >= 0.6 is 11.6 Å². The van der Waals surface area contributed by atoms with Crippen molar-refractivity contribution in [2.45, 2.75) is 6.42 Å². The zero-order valence-corrected chi connectivity index (χ0v) is 10.9. The monoisotopic (exact) mass is 255 g/mol. The number of anilines is 1. The molecule has 1 rings (SSSR count). The molecule has 17 heavy (non-hydrogen) atoms. The molecule has 0 saturated carbocycles. The van der Waals surface area contributed by atoms with Crippen LogP contribution in [0.25, 0.3) is 0 Å². The molecular weight excluding hydrogens is 238 g/mol. The molecule has 0 aliphatic carbocycles. The number of nitrogens with one attached hydrogen (secondary N) is 1. The van der Waals surface area contributed by atoms with Crippen LogP contribution in [0.5, 0.6) is 0 Å². The number of halogens is 1. The normalized spacial score (nSPS) is 10.3. The van der Waals surface area contributed by atoms with Crippen LogP contribution in [0.2, 0.25) is 5.02 Å². The Morgan fingerprint density at radius 2 is 2.24 bits per heavy atom. The molecule has 0 heterocycles. The Hall–Kier alpha value is -1.26. The fourth-order valence-corrected chi connectivity index (χ4v) is 1.95. The maximum Gasteiger partial charge on any atom is 0.252 e. The Kier molecular flexibility index (Phi) is 5.25. The molecule has 0 spiro atoms. The van der Waals surface area contributed by atoms with E-state index in [1.165, 1.54) is 0 Å². The minimum Gasteiger partial charge on any atom is -0.374 e. The van der Waals surface area contributed by atoms with Gasteiger partial charge in [0.1, 0.15) is 0 Å². The van der Waals surface area contributed by atoms with E-state index in [2.05, 4.69) is 5.32 Å². The van der Waals surface area contributed by atoms with Crippen molar-refractivity contribution < 1.29 is 4.79 Å². The molecule has 3 N–H and O–H groups in total. The maximum absolute atomic E-state index is 11.4. The Balaban J connectivity index is 2.89. The summed E-state index contributed by atoms with van der Waals surface area (Å²) in [4.78, 5) is 13.4. The highest BCUT2D eigenvalue weighted by atomic mass is 35.5. The molecule has 0 unspecified atom stereocenters. The summed E-state index contributed by atoms with van der Waals surface area (Å²) < 4.78 is 0. The third-order valence-electron chi connectivity index (χ3n) is 2.57. The molecule has 0 aliphatic rings. The summed E-state index contributed by atoms with van der Waals surface area (Å²) in [6.07, 6.45) is 0.984. The number of benzene rings is 1. The fraction of sp³-hybridized carbons (Fsp3) is 0.417. The molecule has 0 saturated heterocycles. The van der Waals surface area contributed by atoms with Gasteiger partial charge in [-0.05, 0) is 32.1 Å². The van der Waals surface area contributed by atoms with Gasteiger partial charge in [0.15, 0.2) is 0 Å². The van der Waals surface area contributed by atoms with Gasteiger partial charge in [0.2, 0.25) is 0 Å². The van der Waals surface area contributed by atoms with Crippen molar-refractivity contribution >= 4 is 23.2 Å². The van der Waals surface area contributed by atoms with E-state index in [1.54, 1.807) is 6.07 Å². The number of hydrogen-bond acceptors (Lipinski definition) is 3. The van der Waals surface area contributed by atoms with Crippen LogP contribution in [0.1, 0.15) is 16.8 Å². The van der Waals surface area contributed by atoms with Gasteiger partial charge in [-0.15, -0.1) is 0 Å². The summed E-state index contributed by atoms with van der Waals surface area (Å²) in [7, 11) is 3.84. The maximum atomic E-state index is 11.4. The molecule has 94 valence electrons. The van der Waals surface area contributed by atoms with E-state index in [9.17, 15) is 4.79 Å². The zero-order valence-electron chi connectivity index (χ0n) is 10.2. The average Bonchev–Trinajstić information content (AvgIpc) is 2.28. The molecule has 1 amide bonds. The first-order valence-electron chi connectivity index (χ1n) is 5.52. The van der Waals surface area contributed by atoms with Gasteiger partial charge in [-0.25, -0.2) is 0 Å². The highest BCUT2D eigenvalue weighted by Crippen LogP contribution is 2.26. The minimum atomic E-state index is -0.494. The van der Waals surface area contributed by atoms with Crippen LogP contribution in [-0.4, -0.2) is 33.1 Å². The molecule has 0 bridgehead atoms. The number of rotatable bonds is 6. The van der Waals surface area contributed by atoms with E-state index in [4.69, 9.17) is 17.3 Å². The molecule has 0 fully saturated rings. The van der Waals surface area contributed by atoms with Crippen molar-refractivity contribution in [1.82, 2.24) is 5.32 Å². The van der Waals surface area contributed by atoms with Crippen LogP contribution < -0.4 is 16.0 Å². The number of primary amides is 1. The van der Waals surface area contributed by atoms with Crippen LogP contribution in [-0.2, 0) is 0 Å². The Morgan fingerprint density at radius 1 is 1.53 bits per heavy atom. The minimum absolute atomic E-state index is 0.390. The summed E-state index contributed by atoms with van der Waals surface area (Å²) in [6, 6.07) is 5.34. The van der Waals surface area contributed by atoms with E-state index >= 15 is 0 Å². The summed E-state index contributed by atoms with van der Waals surface area (Å²) in [5.74, 6) is -0.494. The Morgan fingerprint density at radius 3 is 2.82 bits per heavy atom. The molecule has 5 heteroatoms. The SMILES string of the molecule is CNCCCN(C)c1cccc(Cl)c1C(N)=O. The highest BCUT2D eigenvalue weighted by Gasteiger charge is 2.14. The van der Waals surface area contributed by atoms with Crippen molar-refractivity contribution in [1.29, 1.82) is 0 Å². The topological polar surface area (TPSA) is 58.4 Å². The smallest absolute Gasteiger partial charge is 0.252 e. The van der Waals surface area contributed by atoms with Gasteiger partial charge >= 0.3 is 0 Å². The van der Waals surface area contributed by atoms with Gasteiger partial charge in [0, 0.05) is 13.6 Å². The van der Waals surface area contributed by atoms with Crippen LogP contribution in [0.15, 0.2) is 18.2 Å². The lowest BCUT2D eigenvalue weighted by Gasteiger charge is -2.22. The third kappa shape index (κ3) is 3.61. The van der Waals surface area contributed by atoms with Crippen LogP contribution in [0, 0.1) is 0 Å². The summed E-state index contributed by atoms with van der Waals surface area (Å²) >= 11 is 5.99. The van der Waals surface area contributed by atoms with E-state index in [0.29, 0.717) is 10.6 Å². The van der Waals surface area contributed by atoms with E-state index in [-0.39, 0.29) is 0 Å². The van der Waals surface area contributed by atoms with Crippen LogP contribution in [0.4, 0.5) is 5.69 Å². The number of carbonyl (C=O) groups excluding carboxylic acids is 1. The molecule has 0 radical (unpaired) electrons. The van der Waals surface area contributed by atoms with Gasteiger partial charge in [-0.1, -0.05) is 17.7 Å². The van der Waals surface area contributed by atoms with E-state index < -0.39 is 5.91 Å². The third-order valence-corrected chi connectivity index (χ3v) is 2.88. The first kappa shape index (κ1) is 13.8. The van der Waals surface area contributed by atoms with Gasteiger partial charge in [-0.3, -0.25) is 4.79 Å². The predicted octanol–water partition coefficient (Wildman–Crippen LogP) is 1.48. The van der Waals surface area contributed by atoms with Crippen molar-refractivity contribution in [2.24, 2.45) is 5.73 Å². The molecule has 0 atom stereocenters. The summed E-state index contributed by atoms with van der Waals surface area (Å²) in [5.41, 5.74) is 6.51. The number of nitrogens with zero attached hydrogens (tertiary/aromatic N) is 1. The van der Waals surface area contributed by atoms with Crippen molar-refractivity contribution in [3.8, 4) is 0 Å². The van der Waals surface area contributed by atoms with Crippen molar-refractivity contribution in [2.75, 3.05) is 32.1 Å². The lowest BCUT2D eigenvalue weighted by Crippen LogP contribution is -2.25. The first-order chi connectivity index (χ1) is 8.07. The lowest BCUT2D eigenvalue weighted by atomic mass is 10.1. The first-order valence-corrected chi connectivity index (χ1v) is 5.89. The van der Waals surface area contributed by atoms with E-state index in [0.717, 1.165) is 25.2 Å². The predicted molar refractivity (Wildman–Crippen MR) is 71.8 cm³/mol. The standard InChI is InChI=1S/C12H18ClN3O/c1-15-7-4-8-16(2)10-6-3-5-9(13)11(10)12(14)17/h3,5-6,15H,4,7-8H2,1-2H3,(H2,14,17). The fourth-order valence-electron chi connectivity index (χ4n) is 1.69. The highest BCUT2D eigenvalue weighted by molar-refractivity contribution is 6.34. The van der Waals surface area contributed by atoms with Crippen LogP contribution in [0.3, 0.4) is 0 Å². The molecular formula is C12H18ClN3O. The van der Waals surface area contributed by atoms with E-state index in [1.807, 2.05) is 31.1 Å². The number of hydrogen-bond donors (Lipinski definition) is 2. The van der Waals surface area contributed by atoms with Gasteiger partial charge in [-0.2, -0.15) is 0 Å². The molecule has 4 nitrogen and oxygen atoms in total. The summed E-state index contributed by atoms with van der Waals surface area (Å²) in [5, 5.41) is 3.48. The number of carbonyl (C=O) groups is 1. The molecule has 0 aliphatic heterocycles. The molecule has 1 aromatic rings. The second kappa shape index (κ2) is 6.47. The largest absolute Gasteiger partial charge is 0.374 e. The average molecular weight is 256 g/mol. The second-order valence-corrected chi connectivity index (χ2v) is 4.28. The number of nitrogens with two attached hydrogens (primary N) is 1. The lowest BCUT2D eigenvalue weighted by molar-refractivity contribution is 0.100. The van der Waals surface area contributed by atoms with Gasteiger partial charge < -0.3 is 16.0 Å².